The zero-order valence-electron chi connectivity index (χ0n) is 21.2. The molecular formula is C29H31N3O4. The van der Waals surface area contributed by atoms with Crippen molar-refractivity contribution in [1.82, 2.24) is 15.0 Å². The average molecular weight is 486 g/mol. The molecule has 1 atom stereocenters. The van der Waals surface area contributed by atoms with Crippen LogP contribution >= 0.6 is 0 Å². The summed E-state index contributed by atoms with van der Waals surface area (Å²) >= 11 is 0. The Kier molecular flexibility index (Phi) is 7.62. The van der Waals surface area contributed by atoms with E-state index in [-0.39, 0.29) is 19.0 Å². The van der Waals surface area contributed by atoms with Crippen LogP contribution in [0.15, 0.2) is 54.6 Å². The van der Waals surface area contributed by atoms with Crippen molar-refractivity contribution in [3.63, 3.8) is 0 Å². The number of phenolic OH excluding ortho intramolecular Hbond substituents is 1. The van der Waals surface area contributed by atoms with Crippen molar-refractivity contribution >= 4 is 0 Å². The van der Waals surface area contributed by atoms with Gasteiger partial charge in [-0.25, -0.2) is 15.0 Å². The molecule has 0 spiro atoms. The lowest BCUT2D eigenvalue weighted by molar-refractivity contribution is 0.0325. The van der Waals surface area contributed by atoms with Crippen LogP contribution in [0.2, 0.25) is 0 Å². The maximum atomic E-state index is 10.8. The van der Waals surface area contributed by atoms with E-state index >= 15 is 0 Å². The van der Waals surface area contributed by atoms with Crippen LogP contribution in [0.1, 0.15) is 22.3 Å². The summed E-state index contributed by atoms with van der Waals surface area (Å²) in [6.07, 6.45) is -0.763. The van der Waals surface area contributed by atoms with E-state index in [0.29, 0.717) is 28.8 Å². The second kappa shape index (κ2) is 10.8. The van der Waals surface area contributed by atoms with Gasteiger partial charge in [-0.3, -0.25) is 0 Å². The molecule has 0 aliphatic carbocycles. The van der Waals surface area contributed by atoms with Gasteiger partial charge in [-0.15, -0.1) is 0 Å². The minimum atomic E-state index is -0.763. The summed E-state index contributed by atoms with van der Waals surface area (Å²) in [5.41, 5.74) is 6.67. The molecule has 0 saturated carbocycles. The molecule has 0 aliphatic heterocycles. The molecule has 2 N–H and O–H groups in total. The van der Waals surface area contributed by atoms with E-state index in [9.17, 15) is 10.2 Å². The molecule has 4 rings (SSSR count). The third-order valence-electron chi connectivity index (χ3n) is 5.61. The molecule has 1 unspecified atom stereocenters. The Hall–Kier alpha value is -3.81. The number of aromatic nitrogens is 3. The predicted molar refractivity (Wildman–Crippen MR) is 140 cm³/mol. The predicted octanol–water partition coefficient (Wildman–Crippen LogP) is 5.20. The zero-order chi connectivity index (χ0) is 25.8. The quantitative estimate of drug-likeness (QED) is 0.354. The number of aromatic hydroxyl groups is 1. The molecule has 3 aromatic carbocycles. The number of aryl methyl sites for hydroxylation is 4. The number of benzene rings is 3. The van der Waals surface area contributed by atoms with E-state index in [4.69, 9.17) is 24.4 Å². The summed E-state index contributed by atoms with van der Waals surface area (Å²) in [7, 11) is 1.51. The largest absolute Gasteiger partial charge is 0.507 e. The molecule has 0 radical (unpaired) electrons. The van der Waals surface area contributed by atoms with Gasteiger partial charge in [0.15, 0.2) is 17.5 Å². The van der Waals surface area contributed by atoms with Crippen LogP contribution in [0, 0.1) is 27.7 Å². The van der Waals surface area contributed by atoms with Crippen molar-refractivity contribution in [3.8, 4) is 45.7 Å². The van der Waals surface area contributed by atoms with Crippen molar-refractivity contribution in [2.45, 2.75) is 33.8 Å². The number of aliphatic hydroxyl groups excluding tert-OH is 1. The van der Waals surface area contributed by atoms with Crippen LogP contribution in [0.3, 0.4) is 0 Å². The van der Waals surface area contributed by atoms with E-state index in [1.165, 1.54) is 13.2 Å². The third-order valence-corrected chi connectivity index (χ3v) is 5.61. The monoisotopic (exact) mass is 485 g/mol. The molecular weight excluding hydrogens is 454 g/mol. The summed E-state index contributed by atoms with van der Waals surface area (Å²) in [5.74, 6) is 1.81. The van der Waals surface area contributed by atoms with E-state index in [0.717, 1.165) is 33.4 Å². The Morgan fingerprint density at radius 2 is 1.19 bits per heavy atom. The Morgan fingerprint density at radius 3 is 1.67 bits per heavy atom. The molecule has 7 heteroatoms. The fourth-order valence-electron chi connectivity index (χ4n) is 4.19. The molecule has 1 heterocycles. The Labute approximate surface area is 211 Å². The number of rotatable bonds is 8. The molecule has 0 fully saturated rings. The van der Waals surface area contributed by atoms with Crippen LogP contribution in [-0.2, 0) is 4.74 Å². The van der Waals surface area contributed by atoms with Crippen LogP contribution in [0.25, 0.3) is 34.2 Å². The van der Waals surface area contributed by atoms with Gasteiger partial charge in [-0.1, -0.05) is 34.4 Å². The number of ether oxygens (including phenoxy) is 2. The lowest BCUT2D eigenvalue weighted by Gasteiger charge is -2.13. The maximum Gasteiger partial charge on any atom is 0.167 e. The van der Waals surface area contributed by atoms with Crippen LogP contribution < -0.4 is 4.74 Å². The fraction of sp³-hybridized carbons (Fsp3) is 0.276. The van der Waals surface area contributed by atoms with Crippen molar-refractivity contribution in [3.05, 3.63) is 76.9 Å². The second-order valence-corrected chi connectivity index (χ2v) is 9.16. The number of phenols is 1. The van der Waals surface area contributed by atoms with Gasteiger partial charge in [0.1, 0.15) is 24.2 Å². The molecule has 7 nitrogen and oxygen atoms in total. The molecule has 0 saturated heterocycles. The van der Waals surface area contributed by atoms with Crippen LogP contribution in [-0.4, -0.2) is 51.6 Å². The van der Waals surface area contributed by atoms with Crippen molar-refractivity contribution < 1.29 is 19.7 Å². The fourth-order valence-corrected chi connectivity index (χ4v) is 4.19. The first-order chi connectivity index (χ1) is 17.2. The summed E-state index contributed by atoms with van der Waals surface area (Å²) in [5, 5.41) is 20.7. The van der Waals surface area contributed by atoms with Gasteiger partial charge in [-0.05, 0) is 64.1 Å². The summed E-state index contributed by atoms with van der Waals surface area (Å²) in [4.78, 5) is 14.3. The molecule has 0 aliphatic rings. The molecule has 0 amide bonds. The highest BCUT2D eigenvalue weighted by Gasteiger charge is 2.16. The molecule has 186 valence electrons. The number of methoxy groups -OCH3 is 1. The van der Waals surface area contributed by atoms with Crippen LogP contribution in [0.5, 0.6) is 11.5 Å². The minimum absolute atomic E-state index is 0.0299. The normalized spacial score (nSPS) is 11.9. The standard InChI is InChI=1S/C29H31N3O4/c1-17-8-18(2)11-21(10-17)27-30-28(22-12-19(3)9-20(4)13-22)32-29(31-27)25-7-6-24(14-26(25)34)36-16-23(33)15-35-5/h6-14,23,33-34H,15-16H2,1-5H3. The minimum Gasteiger partial charge on any atom is -0.507 e. The van der Waals surface area contributed by atoms with Gasteiger partial charge >= 0.3 is 0 Å². The summed E-state index contributed by atoms with van der Waals surface area (Å²) < 4.78 is 10.5. The summed E-state index contributed by atoms with van der Waals surface area (Å²) in [6.45, 7) is 8.37. The molecule has 36 heavy (non-hydrogen) atoms. The topological polar surface area (TPSA) is 97.6 Å². The first kappa shape index (κ1) is 25.3. The smallest absolute Gasteiger partial charge is 0.167 e. The summed E-state index contributed by atoms with van der Waals surface area (Å²) in [6, 6.07) is 17.3. The van der Waals surface area contributed by atoms with Gasteiger partial charge in [0.2, 0.25) is 0 Å². The molecule has 1 aromatic heterocycles. The lowest BCUT2D eigenvalue weighted by Crippen LogP contribution is -2.22. The van der Waals surface area contributed by atoms with Gasteiger partial charge in [0, 0.05) is 24.3 Å². The maximum absolute atomic E-state index is 10.8. The SMILES string of the molecule is COCC(O)COc1ccc(-c2nc(-c3cc(C)cc(C)c3)nc(-c3cc(C)cc(C)c3)n2)c(O)c1. The second-order valence-electron chi connectivity index (χ2n) is 9.16. The van der Waals surface area contributed by atoms with Gasteiger partial charge in [-0.2, -0.15) is 0 Å². The van der Waals surface area contributed by atoms with Crippen LogP contribution in [0.4, 0.5) is 0 Å². The zero-order valence-corrected chi connectivity index (χ0v) is 21.2. The van der Waals surface area contributed by atoms with E-state index in [2.05, 4.69) is 12.1 Å². The number of hydrogen-bond acceptors (Lipinski definition) is 7. The van der Waals surface area contributed by atoms with Crippen molar-refractivity contribution in [1.29, 1.82) is 0 Å². The van der Waals surface area contributed by atoms with Crippen molar-refractivity contribution in [2.24, 2.45) is 0 Å². The highest BCUT2D eigenvalue weighted by Crippen LogP contribution is 2.33. The van der Waals surface area contributed by atoms with E-state index < -0.39 is 6.10 Å². The highest BCUT2D eigenvalue weighted by molar-refractivity contribution is 5.71. The Balaban J connectivity index is 1.79. The first-order valence-electron chi connectivity index (χ1n) is 11.8. The van der Waals surface area contributed by atoms with Crippen molar-refractivity contribution in [2.75, 3.05) is 20.3 Å². The Bertz CT molecular complexity index is 1280. The first-order valence-corrected chi connectivity index (χ1v) is 11.8. The number of nitrogens with zero attached hydrogens (tertiary/aromatic N) is 3. The third kappa shape index (κ3) is 6.05. The van der Waals surface area contributed by atoms with Gasteiger partial charge < -0.3 is 19.7 Å². The molecule has 4 aromatic rings. The van der Waals surface area contributed by atoms with E-state index in [1.54, 1.807) is 12.1 Å². The van der Waals surface area contributed by atoms with E-state index in [1.807, 2.05) is 52.0 Å². The Morgan fingerprint density at radius 1 is 0.694 bits per heavy atom. The average Bonchev–Trinajstić information content (AvgIpc) is 2.81. The number of aliphatic hydroxyl groups is 1. The highest BCUT2D eigenvalue weighted by atomic mass is 16.5. The molecule has 0 bridgehead atoms. The lowest BCUT2D eigenvalue weighted by atomic mass is 10.1. The van der Waals surface area contributed by atoms with Gasteiger partial charge in [0.05, 0.1) is 12.2 Å². The number of hydrogen-bond donors (Lipinski definition) is 2. The van der Waals surface area contributed by atoms with Gasteiger partial charge in [0.25, 0.3) is 0 Å².